The van der Waals surface area contributed by atoms with Gasteiger partial charge in [-0.1, -0.05) is 18.2 Å². The van der Waals surface area contributed by atoms with Gasteiger partial charge >= 0.3 is 0 Å². The minimum Gasteiger partial charge on any atom is -0.385 e. The predicted molar refractivity (Wildman–Crippen MR) is 80.3 cm³/mol. The Bertz CT molecular complexity index is 636. The molecular formula is C14H18O3S2. The zero-order chi connectivity index (χ0) is 14.1. The van der Waals surface area contributed by atoms with Gasteiger partial charge in [0, 0.05) is 21.6 Å². The van der Waals surface area contributed by atoms with Crippen LogP contribution in [0.25, 0.3) is 10.1 Å². The van der Waals surface area contributed by atoms with Gasteiger partial charge in [0.2, 0.25) is 0 Å². The Morgan fingerprint density at radius 3 is 2.63 bits per heavy atom. The minimum absolute atomic E-state index is 0.119. The molecule has 104 valence electrons. The highest BCUT2D eigenvalue weighted by molar-refractivity contribution is 7.90. The van der Waals surface area contributed by atoms with E-state index < -0.39 is 15.4 Å². The number of benzene rings is 1. The van der Waals surface area contributed by atoms with Crippen molar-refractivity contribution in [1.29, 1.82) is 0 Å². The van der Waals surface area contributed by atoms with E-state index in [2.05, 4.69) is 0 Å². The zero-order valence-electron chi connectivity index (χ0n) is 11.1. The van der Waals surface area contributed by atoms with Crippen LogP contribution in [-0.4, -0.2) is 25.5 Å². The maximum atomic E-state index is 11.1. The normalized spacial score (nSPS) is 15.5. The molecule has 2 aromatic rings. The van der Waals surface area contributed by atoms with Crippen molar-refractivity contribution in [3.05, 3.63) is 35.2 Å². The molecule has 1 aromatic carbocycles. The first kappa shape index (κ1) is 14.5. The molecule has 0 saturated carbocycles. The van der Waals surface area contributed by atoms with Gasteiger partial charge in [-0.05, 0) is 37.3 Å². The van der Waals surface area contributed by atoms with Crippen LogP contribution in [-0.2, 0) is 15.4 Å². The molecule has 0 saturated heterocycles. The van der Waals surface area contributed by atoms with Crippen LogP contribution >= 0.6 is 11.3 Å². The van der Waals surface area contributed by atoms with Crippen LogP contribution in [0.2, 0.25) is 0 Å². The molecule has 1 unspecified atom stereocenters. The molecule has 0 fully saturated rings. The largest absolute Gasteiger partial charge is 0.385 e. The monoisotopic (exact) mass is 298 g/mol. The molecular weight excluding hydrogens is 280 g/mol. The third-order valence-electron chi connectivity index (χ3n) is 3.14. The first-order valence-corrected chi connectivity index (χ1v) is 9.05. The molecule has 2 rings (SSSR count). The van der Waals surface area contributed by atoms with Gasteiger partial charge in [0.15, 0.2) is 0 Å². The van der Waals surface area contributed by atoms with E-state index in [4.69, 9.17) is 0 Å². The molecule has 0 radical (unpaired) electrons. The summed E-state index contributed by atoms with van der Waals surface area (Å²) >= 11 is 1.56. The molecule has 19 heavy (non-hydrogen) atoms. The zero-order valence-corrected chi connectivity index (χ0v) is 12.7. The molecule has 1 aromatic heterocycles. The predicted octanol–water partition coefficient (Wildman–Crippen LogP) is 2.93. The highest BCUT2D eigenvalue weighted by Gasteiger charge is 2.25. The van der Waals surface area contributed by atoms with Crippen molar-refractivity contribution in [2.45, 2.75) is 25.4 Å². The number of hydrogen-bond acceptors (Lipinski definition) is 4. The Balaban J connectivity index is 2.14. The molecule has 1 heterocycles. The van der Waals surface area contributed by atoms with Crippen molar-refractivity contribution in [3.63, 3.8) is 0 Å². The van der Waals surface area contributed by atoms with Crippen LogP contribution in [0.15, 0.2) is 30.3 Å². The highest BCUT2D eigenvalue weighted by atomic mass is 32.2. The molecule has 0 aliphatic rings. The Labute approximate surface area is 117 Å². The van der Waals surface area contributed by atoms with E-state index in [-0.39, 0.29) is 5.75 Å². The summed E-state index contributed by atoms with van der Waals surface area (Å²) < 4.78 is 23.4. The van der Waals surface area contributed by atoms with Crippen LogP contribution in [0, 0.1) is 0 Å². The third-order valence-corrected chi connectivity index (χ3v) is 5.53. The fourth-order valence-electron chi connectivity index (χ4n) is 2.05. The Hall–Kier alpha value is -0.910. The summed E-state index contributed by atoms with van der Waals surface area (Å²) in [5, 5.41) is 11.6. The minimum atomic E-state index is -2.96. The lowest BCUT2D eigenvalue weighted by molar-refractivity contribution is 0.0511. The van der Waals surface area contributed by atoms with Gasteiger partial charge in [-0.2, -0.15) is 0 Å². The van der Waals surface area contributed by atoms with Gasteiger partial charge in [-0.25, -0.2) is 8.42 Å². The van der Waals surface area contributed by atoms with Gasteiger partial charge in [0.25, 0.3) is 0 Å². The fourth-order valence-corrected chi connectivity index (χ4v) is 3.85. The third kappa shape index (κ3) is 3.78. The Morgan fingerprint density at radius 1 is 1.32 bits per heavy atom. The average Bonchev–Trinajstić information content (AvgIpc) is 2.71. The van der Waals surface area contributed by atoms with E-state index in [0.717, 1.165) is 15.0 Å². The van der Waals surface area contributed by atoms with E-state index in [0.29, 0.717) is 12.8 Å². The summed E-state index contributed by atoms with van der Waals surface area (Å²) in [6, 6.07) is 9.97. The fraction of sp³-hybridized carbons (Fsp3) is 0.429. The second kappa shape index (κ2) is 5.23. The van der Waals surface area contributed by atoms with E-state index in [9.17, 15) is 13.5 Å². The first-order valence-electron chi connectivity index (χ1n) is 6.17. The van der Waals surface area contributed by atoms with Crippen LogP contribution in [0.3, 0.4) is 0 Å². The van der Waals surface area contributed by atoms with E-state index in [1.807, 2.05) is 30.3 Å². The van der Waals surface area contributed by atoms with Crippen molar-refractivity contribution < 1.29 is 13.5 Å². The summed E-state index contributed by atoms with van der Waals surface area (Å²) in [6.07, 6.45) is 2.15. The molecule has 0 amide bonds. The van der Waals surface area contributed by atoms with Crippen LogP contribution < -0.4 is 0 Å². The van der Waals surface area contributed by atoms with Crippen LogP contribution in [0.5, 0.6) is 0 Å². The molecule has 5 heteroatoms. The van der Waals surface area contributed by atoms with Gasteiger partial charge in [0.05, 0.1) is 5.60 Å². The Kier molecular flexibility index (Phi) is 3.99. The van der Waals surface area contributed by atoms with E-state index in [1.165, 1.54) is 6.26 Å². The van der Waals surface area contributed by atoms with E-state index in [1.54, 1.807) is 18.3 Å². The quantitative estimate of drug-likeness (QED) is 0.923. The molecule has 3 nitrogen and oxygen atoms in total. The van der Waals surface area contributed by atoms with Crippen molar-refractivity contribution in [1.82, 2.24) is 0 Å². The van der Waals surface area contributed by atoms with Crippen LogP contribution in [0.4, 0.5) is 0 Å². The number of hydrogen-bond donors (Lipinski definition) is 1. The lowest BCUT2D eigenvalue weighted by Crippen LogP contribution is -2.20. The summed E-state index contributed by atoms with van der Waals surface area (Å²) in [5.41, 5.74) is -0.964. The maximum absolute atomic E-state index is 11.1. The molecule has 0 bridgehead atoms. The van der Waals surface area contributed by atoms with Gasteiger partial charge < -0.3 is 5.11 Å². The molecule has 0 aliphatic carbocycles. The Morgan fingerprint density at radius 2 is 2.00 bits per heavy atom. The maximum Gasteiger partial charge on any atom is 0.147 e. The smallest absolute Gasteiger partial charge is 0.147 e. The van der Waals surface area contributed by atoms with Gasteiger partial charge in [-0.15, -0.1) is 11.3 Å². The van der Waals surface area contributed by atoms with Gasteiger partial charge in [0.1, 0.15) is 9.84 Å². The molecule has 0 aliphatic heterocycles. The number of rotatable bonds is 5. The van der Waals surface area contributed by atoms with Crippen molar-refractivity contribution >= 4 is 31.3 Å². The average molecular weight is 298 g/mol. The lowest BCUT2D eigenvalue weighted by atomic mass is 9.98. The second-order valence-corrected chi connectivity index (χ2v) is 8.50. The van der Waals surface area contributed by atoms with Crippen molar-refractivity contribution in [2.75, 3.05) is 12.0 Å². The summed E-state index contributed by atoms with van der Waals surface area (Å²) in [4.78, 5) is 0.891. The SMILES string of the molecule is CC(O)(CCCS(C)(=O)=O)c1cc2ccccc2s1. The lowest BCUT2D eigenvalue weighted by Gasteiger charge is -2.21. The van der Waals surface area contributed by atoms with Crippen molar-refractivity contribution in [2.24, 2.45) is 0 Å². The summed E-state index contributed by atoms with van der Waals surface area (Å²) in [5.74, 6) is 0.119. The number of fused-ring (bicyclic) bond motifs is 1. The first-order chi connectivity index (χ1) is 8.78. The molecule has 1 N–H and O–H groups in total. The molecule has 0 spiro atoms. The van der Waals surface area contributed by atoms with E-state index >= 15 is 0 Å². The standard InChI is InChI=1S/C14H18O3S2/c1-14(15,8-5-9-19(2,16)17)13-10-11-6-3-4-7-12(11)18-13/h3-4,6-7,10,15H,5,8-9H2,1-2H3. The highest BCUT2D eigenvalue weighted by Crippen LogP contribution is 2.35. The number of thiophene rings is 1. The summed E-state index contributed by atoms with van der Waals surface area (Å²) in [7, 11) is -2.96. The van der Waals surface area contributed by atoms with Crippen LogP contribution in [0.1, 0.15) is 24.6 Å². The van der Waals surface area contributed by atoms with Gasteiger partial charge in [-0.3, -0.25) is 0 Å². The second-order valence-electron chi connectivity index (χ2n) is 5.16. The summed E-state index contributed by atoms with van der Waals surface area (Å²) in [6.45, 7) is 1.75. The number of aliphatic hydroxyl groups is 1. The number of sulfone groups is 1. The topological polar surface area (TPSA) is 54.4 Å². The molecule has 1 atom stereocenters. The van der Waals surface area contributed by atoms with Crippen molar-refractivity contribution in [3.8, 4) is 0 Å².